The van der Waals surface area contributed by atoms with Crippen LogP contribution in [0.4, 0.5) is 10.1 Å². The first-order valence-electron chi connectivity index (χ1n) is 4.75. The highest BCUT2D eigenvalue weighted by Gasteiger charge is 2.18. The van der Waals surface area contributed by atoms with Crippen LogP contribution >= 0.6 is 0 Å². The summed E-state index contributed by atoms with van der Waals surface area (Å²) < 4.78 is 12.8. The molecule has 0 radical (unpaired) electrons. The van der Waals surface area contributed by atoms with Crippen molar-refractivity contribution in [2.75, 3.05) is 18.5 Å². The second-order valence-corrected chi connectivity index (χ2v) is 3.81. The second-order valence-electron chi connectivity index (χ2n) is 3.81. The molecule has 1 atom stereocenters. The third kappa shape index (κ3) is 3.19. The van der Waals surface area contributed by atoms with E-state index in [-0.39, 0.29) is 12.1 Å². The first kappa shape index (κ1) is 12.4. The van der Waals surface area contributed by atoms with Crippen molar-refractivity contribution < 1.29 is 14.6 Å². The lowest BCUT2D eigenvalue weighted by atomic mass is 10.1. The van der Waals surface area contributed by atoms with Gasteiger partial charge in [-0.3, -0.25) is 0 Å². The zero-order valence-electron chi connectivity index (χ0n) is 8.87. The molecule has 0 aliphatic rings. The summed E-state index contributed by atoms with van der Waals surface area (Å²) in [4.78, 5) is 0. The SMILES string of the molecule is CC(O)(CO)CNc1ccc(F)cc1C#N. The van der Waals surface area contributed by atoms with Gasteiger partial charge in [0.15, 0.2) is 0 Å². The van der Waals surface area contributed by atoms with Crippen LogP contribution in [-0.4, -0.2) is 29.0 Å². The number of halogens is 1. The minimum absolute atomic E-state index is 0.0732. The van der Waals surface area contributed by atoms with Crippen molar-refractivity contribution in [2.45, 2.75) is 12.5 Å². The number of benzene rings is 1. The van der Waals surface area contributed by atoms with Crippen LogP contribution in [0.2, 0.25) is 0 Å². The van der Waals surface area contributed by atoms with E-state index in [1.807, 2.05) is 6.07 Å². The normalized spacial score (nSPS) is 13.9. The third-order valence-corrected chi connectivity index (χ3v) is 2.10. The van der Waals surface area contributed by atoms with Crippen molar-refractivity contribution in [1.29, 1.82) is 5.26 Å². The van der Waals surface area contributed by atoms with Gasteiger partial charge < -0.3 is 15.5 Å². The molecule has 1 aromatic rings. The summed E-state index contributed by atoms with van der Waals surface area (Å²) in [6, 6.07) is 5.59. The lowest BCUT2D eigenvalue weighted by Crippen LogP contribution is -2.37. The number of aliphatic hydroxyl groups excluding tert-OH is 1. The Morgan fingerprint density at radius 2 is 2.25 bits per heavy atom. The van der Waals surface area contributed by atoms with E-state index < -0.39 is 18.0 Å². The van der Waals surface area contributed by atoms with E-state index in [0.717, 1.165) is 6.07 Å². The molecule has 1 rings (SSSR count). The Bertz CT molecular complexity index is 413. The largest absolute Gasteiger partial charge is 0.393 e. The van der Waals surface area contributed by atoms with Gasteiger partial charge in [-0.1, -0.05) is 0 Å². The summed E-state index contributed by atoms with van der Waals surface area (Å²) in [7, 11) is 0. The maximum absolute atomic E-state index is 12.8. The van der Waals surface area contributed by atoms with Gasteiger partial charge in [-0.05, 0) is 25.1 Å². The number of rotatable bonds is 4. The molecule has 0 aliphatic heterocycles. The predicted molar refractivity (Wildman–Crippen MR) is 57.3 cm³/mol. The zero-order chi connectivity index (χ0) is 12.2. The topological polar surface area (TPSA) is 76.3 Å². The highest BCUT2D eigenvalue weighted by atomic mass is 19.1. The van der Waals surface area contributed by atoms with E-state index in [1.54, 1.807) is 0 Å². The number of nitrogens with one attached hydrogen (secondary N) is 1. The summed E-state index contributed by atoms with van der Waals surface area (Å²) in [5.41, 5.74) is -0.687. The Labute approximate surface area is 93.0 Å². The van der Waals surface area contributed by atoms with Crippen molar-refractivity contribution in [3.8, 4) is 6.07 Å². The van der Waals surface area contributed by atoms with Crippen LogP contribution in [0.5, 0.6) is 0 Å². The fourth-order valence-electron chi connectivity index (χ4n) is 1.10. The van der Waals surface area contributed by atoms with E-state index in [0.29, 0.717) is 5.69 Å². The van der Waals surface area contributed by atoms with Crippen LogP contribution in [0, 0.1) is 17.1 Å². The molecule has 0 heterocycles. The van der Waals surface area contributed by atoms with Gasteiger partial charge >= 0.3 is 0 Å². The van der Waals surface area contributed by atoms with Crippen LogP contribution in [0.25, 0.3) is 0 Å². The Morgan fingerprint density at radius 3 is 2.81 bits per heavy atom. The molecule has 86 valence electrons. The van der Waals surface area contributed by atoms with Crippen molar-refractivity contribution in [3.63, 3.8) is 0 Å². The zero-order valence-corrected chi connectivity index (χ0v) is 8.87. The average Bonchev–Trinajstić information content (AvgIpc) is 2.27. The minimum Gasteiger partial charge on any atom is -0.393 e. The molecule has 16 heavy (non-hydrogen) atoms. The van der Waals surface area contributed by atoms with Crippen LogP contribution in [-0.2, 0) is 0 Å². The molecule has 0 aromatic heterocycles. The molecule has 5 heteroatoms. The Kier molecular flexibility index (Phi) is 3.82. The predicted octanol–water partition coefficient (Wildman–Crippen LogP) is 0.853. The van der Waals surface area contributed by atoms with Crippen LogP contribution in [0.3, 0.4) is 0 Å². The Morgan fingerprint density at radius 1 is 1.56 bits per heavy atom. The van der Waals surface area contributed by atoms with E-state index in [9.17, 15) is 9.50 Å². The Balaban J connectivity index is 2.79. The molecule has 0 fully saturated rings. The van der Waals surface area contributed by atoms with Crippen LogP contribution in [0.1, 0.15) is 12.5 Å². The molecule has 0 saturated carbocycles. The molecule has 4 nitrogen and oxygen atoms in total. The fraction of sp³-hybridized carbons (Fsp3) is 0.364. The number of hydrogen-bond acceptors (Lipinski definition) is 4. The van der Waals surface area contributed by atoms with E-state index in [2.05, 4.69) is 5.32 Å². The molecule has 1 unspecified atom stereocenters. The molecule has 0 bridgehead atoms. The van der Waals surface area contributed by atoms with Gasteiger partial charge in [-0.15, -0.1) is 0 Å². The summed E-state index contributed by atoms with van der Waals surface area (Å²) in [6.45, 7) is 1.13. The maximum Gasteiger partial charge on any atom is 0.124 e. The van der Waals surface area contributed by atoms with Gasteiger partial charge in [-0.25, -0.2) is 4.39 Å². The second kappa shape index (κ2) is 4.92. The molecule has 0 aliphatic carbocycles. The van der Waals surface area contributed by atoms with Gasteiger partial charge in [-0.2, -0.15) is 5.26 Å². The fourth-order valence-corrected chi connectivity index (χ4v) is 1.10. The quantitative estimate of drug-likeness (QED) is 0.708. The van der Waals surface area contributed by atoms with Crippen molar-refractivity contribution in [3.05, 3.63) is 29.6 Å². The van der Waals surface area contributed by atoms with Gasteiger partial charge in [0, 0.05) is 6.54 Å². The molecule has 0 saturated heterocycles. The van der Waals surface area contributed by atoms with E-state index >= 15 is 0 Å². The number of nitrogens with zero attached hydrogens (tertiary/aromatic N) is 1. The standard InChI is InChI=1S/C11H13FN2O2/c1-11(16,7-15)6-14-10-3-2-9(12)4-8(10)5-13/h2-4,14-16H,6-7H2,1H3. The molecule has 1 aromatic carbocycles. The first-order valence-corrected chi connectivity index (χ1v) is 4.75. The number of hydrogen-bond donors (Lipinski definition) is 3. The number of nitriles is 1. The first-order chi connectivity index (χ1) is 7.48. The summed E-state index contributed by atoms with van der Waals surface area (Å²) in [5.74, 6) is -0.490. The third-order valence-electron chi connectivity index (χ3n) is 2.10. The van der Waals surface area contributed by atoms with Crippen LogP contribution < -0.4 is 5.32 Å². The average molecular weight is 224 g/mol. The minimum atomic E-state index is -1.28. The molecule has 0 spiro atoms. The van der Waals surface area contributed by atoms with Crippen LogP contribution in [0.15, 0.2) is 18.2 Å². The molecular weight excluding hydrogens is 211 g/mol. The molecule has 3 N–H and O–H groups in total. The maximum atomic E-state index is 12.8. The van der Waals surface area contributed by atoms with Gasteiger partial charge in [0.25, 0.3) is 0 Å². The van der Waals surface area contributed by atoms with E-state index in [4.69, 9.17) is 10.4 Å². The summed E-state index contributed by atoms with van der Waals surface area (Å²) >= 11 is 0. The van der Waals surface area contributed by atoms with Crippen molar-refractivity contribution >= 4 is 5.69 Å². The van der Waals surface area contributed by atoms with Gasteiger partial charge in [0.2, 0.25) is 0 Å². The highest BCUT2D eigenvalue weighted by molar-refractivity contribution is 5.57. The van der Waals surface area contributed by atoms with Crippen molar-refractivity contribution in [2.24, 2.45) is 0 Å². The molecular formula is C11H13FN2O2. The lowest BCUT2D eigenvalue weighted by molar-refractivity contribution is 0.0132. The van der Waals surface area contributed by atoms with Gasteiger partial charge in [0.05, 0.1) is 17.9 Å². The highest BCUT2D eigenvalue weighted by Crippen LogP contribution is 2.16. The molecule has 0 amide bonds. The van der Waals surface area contributed by atoms with E-state index in [1.165, 1.54) is 19.1 Å². The van der Waals surface area contributed by atoms with Crippen molar-refractivity contribution in [1.82, 2.24) is 0 Å². The smallest absolute Gasteiger partial charge is 0.124 e. The summed E-state index contributed by atoms with van der Waals surface area (Å²) in [5, 5.41) is 29.9. The lowest BCUT2D eigenvalue weighted by Gasteiger charge is -2.21. The summed E-state index contributed by atoms with van der Waals surface area (Å²) in [6.07, 6.45) is 0. The number of aliphatic hydroxyl groups is 2. The Hall–Kier alpha value is -1.64. The number of anilines is 1. The van der Waals surface area contributed by atoms with Gasteiger partial charge in [0.1, 0.15) is 17.5 Å². The monoisotopic (exact) mass is 224 g/mol.